The molecule has 0 heterocycles. The molecule has 0 aromatic heterocycles. The van der Waals surface area contributed by atoms with Gasteiger partial charge in [0.2, 0.25) is 0 Å². The van der Waals surface area contributed by atoms with E-state index in [1.807, 2.05) is 43.3 Å². The number of para-hydroxylation sites is 1. The molecule has 0 saturated carbocycles. The van der Waals surface area contributed by atoms with Gasteiger partial charge >= 0.3 is 0 Å². The number of methoxy groups -OCH3 is 1. The van der Waals surface area contributed by atoms with E-state index in [9.17, 15) is 0 Å². The van der Waals surface area contributed by atoms with Crippen molar-refractivity contribution in [2.45, 2.75) is 6.92 Å². The third-order valence-electron chi connectivity index (χ3n) is 3.01. The van der Waals surface area contributed by atoms with Crippen LogP contribution in [0.4, 0.5) is 5.69 Å². The first-order valence-corrected chi connectivity index (χ1v) is 6.29. The van der Waals surface area contributed by atoms with Crippen molar-refractivity contribution < 1.29 is 9.47 Å². The highest BCUT2D eigenvalue weighted by Crippen LogP contribution is 2.31. The Kier molecular flexibility index (Phi) is 4.42. The van der Waals surface area contributed by atoms with Gasteiger partial charge in [0, 0.05) is 18.4 Å². The highest BCUT2D eigenvalue weighted by molar-refractivity contribution is 5.72. The maximum absolute atomic E-state index is 5.86. The Labute approximate surface area is 114 Å². The molecule has 0 amide bonds. The number of rotatable bonds is 5. The van der Waals surface area contributed by atoms with Crippen LogP contribution in [-0.4, -0.2) is 20.3 Å². The maximum atomic E-state index is 5.86. The van der Waals surface area contributed by atoms with E-state index >= 15 is 0 Å². The van der Waals surface area contributed by atoms with Crippen LogP contribution in [0, 0.1) is 6.92 Å². The minimum absolute atomic E-state index is 0.543. The number of benzene rings is 2. The molecule has 2 aromatic rings. The summed E-state index contributed by atoms with van der Waals surface area (Å²) in [6.45, 7) is 3.13. The fourth-order valence-corrected chi connectivity index (χ4v) is 1.91. The molecule has 0 fully saturated rings. The Morgan fingerprint density at radius 2 is 1.84 bits per heavy atom. The molecule has 2 rings (SSSR count). The lowest BCUT2D eigenvalue weighted by Crippen LogP contribution is -2.05. The number of aryl methyl sites for hydroxylation is 1. The number of nitrogen functional groups attached to an aromatic ring is 1. The van der Waals surface area contributed by atoms with Crippen molar-refractivity contribution in [3.8, 4) is 16.9 Å². The lowest BCUT2D eigenvalue weighted by atomic mass is 10.0. The van der Waals surface area contributed by atoms with Crippen molar-refractivity contribution in [2.75, 3.05) is 26.1 Å². The standard InChI is InChI=1S/C16H19NO2/c1-12-11-13(7-8-15(12)17)14-5-3-4-6-16(14)19-10-9-18-2/h3-8,11H,9-10,17H2,1-2H3. The molecule has 0 aliphatic carbocycles. The van der Waals surface area contributed by atoms with Gasteiger partial charge in [0.25, 0.3) is 0 Å². The molecule has 0 radical (unpaired) electrons. The zero-order valence-corrected chi connectivity index (χ0v) is 11.3. The smallest absolute Gasteiger partial charge is 0.127 e. The van der Waals surface area contributed by atoms with Crippen LogP contribution in [0.2, 0.25) is 0 Å². The van der Waals surface area contributed by atoms with E-state index in [4.69, 9.17) is 15.2 Å². The molecule has 19 heavy (non-hydrogen) atoms. The Morgan fingerprint density at radius 1 is 1.05 bits per heavy atom. The van der Waals surface area contributed by atoms with E-state index in [-0.39, 0.29) is 0 Å². The zero-order valence-electron chi connectivity index (χ0n) is 11.3. The van der Waals surface area contributed by atoms with Gasteiger partial charge in [-0.1, -0.05) is 24.3 Å². The van der Waals surface area contributed by atoms with Gasteiger partial charge in [-0.25, -0.2) is 0 Å². The molecule has 0 saturated heterocycles. The Hall–Kier alpha value is -2.00. The van der Waals surface area contributed by atoms with Crippen molar-refractivity contribution in [2.24, 2.45) is 0 Å². The van der Waals surface area contributed by atoms with Gasteiger partial charge in [-0.05, 0) is 36.2 Å². The minimum Gasteiger partial charge on any atom is -0.491 e. The van der Waals surface area contributed by atoms with Crippen molar-refractivity contribution >= 4 is 5.69 Å². The second-order valence-corrected chi connectivity index (χ2v) is 4.41. The molecule has 0 unspecified atom stereocenters. The first-order valence-electron chi connectivity index (χ1n) is 6.29. The molecule has 0 spiro atoms. The third-order valence-corrected chi connectivity index (χ3v) is 3.01. The highest BCUT2D eigenvalue weighted by Gasteiger charge is 2.06. The molecule has 100 valence electrons. The fraction of sp³-hybridized carbons (Fsp3) is 0.250. The van der Waals surface area contributed by atoms with Gasteiger partial charge in [0.1, 0.15) is 12.4 Å². The summed E-state index contributed by atoms with van der Waals surface area (Å²) < 4.78 is 10.7. The van der Waals surface area contributed by atoms with E-state index in [1.54, 1.807) is 7.11 Å². The number of anilines is 1. The molecule has 3 heteroatoms. The number of hydrogen-bond donors (Lipinski definition) is 1. The van der Waals surface area contributed by atoms with Gasteiger partial charge < -0.3 is 15.2 Å². The van der Waals surface area contributed by atoms with E-state index in [2.05, 4.69) is 6.07 Å². The molecule has 2 aromatic carbocycles. The number of nitrogens with two attached hydrogens (primary N) is 1. The number of ether oxygens (including phenoxy) is 2. The third kappa shape index (κ3) is 3.26. The summed E-state index contributed by atoms with van der Waals surface area (Å²) in [7, 11) is 1.67. The molecule has 3 nitrogen and oxygen atoms in total. The quantitative estimate of drug-likeness (QED) is 0.660. The summed E-state index contributed by atoms with van der Waals surface area (Å²) in [4.78, 5) is 0. The lowest BCUT2D eigenvalue weighted by molar-refractivity contribution is 0.146. The Balaban J connectivity index is 2.30. The summed E-state index contributed by atoms with van der Waals surface area (Å²) >= 11 is 0. The van der Waals surface area contributed by atoms with Gasteiger partial charge in [-0.2, -0.15) is 0 Å². The Morgan fingerprint density at radius 3 is 2.58 bits per heavy atom. The molecule has 0 aliphatic rings. The van der Waals surface area contributed by atoms with Gasteiger partial charge in [-0.15, -0.1) is 0 Å². The Bertz CT molecular complexity index is 552. The molecule has 0 aliphatic heterocycles. The van der Waals surface area contributed by atoms with Crippen molar-refractivity contribution in [1.82, 2.24) is 0 Å². The first kappa shape index (κ1) is 13.4. The summed E-state index contributed by atoms with van der Waals surface area (Å²) in [6, 6.07) is 14.0. The van der Waals surface area contributed by atoms with E-state index in [1.165, 1.54) is 0 Å². The van der Waals surface area contributed by atoms with Crippen LogP contribution in [-0.2, 0) is 4.74 Å². The van der Waals surface area contributed by atoms with Crippen LogP contribution in [0.3, 0.4) is 0 Å². The summed E-state index contributed by atoms with van der Waals surface area (Å²) in [5.41, 5.74) is 9.92. The molecular formula is C16H19NO2. The SMILES string of the molecule is COCCOc1ccccc1-c1ccc(N)c(C)c1. The average molecular weight is 257 g/mol. The lowest BCUT2D eigenvalue weighted by Gasteiger charge is -2.12. The van der Waals surface area contributed by atoms with Gasteiger partial charge in [-0.3, -0.25) is 0 Å². The zero-order chi connectivity index (χ0) is 13.7. The van der Waals surface area contributed by atoms with Crippen molar-refractivity contribution in [1.29, 1.82) is 0 Å². The second kappa shape index (κ2) is 6.25. The molecular weight excluding hydrogens is 238 g/mol. The van der Waals surface area contributed by atoms with Crippen LogP contribution in [0.15, 0.2) is 42.5 Å². The van der Waals surface area contributed by atoms with Crippen molar-refractivity contribution in [3.63, 3.8) is 0 Å². The molecule has 0 bridgehead atoms. The van der Waals surface area contributed by atoms with Crippen LogP contribution in [0.5, 0.6) is 5.75 Å². The summed E-state index contributed by atoms with van der Waals surface area (Å²) in [5.74, 6) is 0.865. The maximum Gasteiger partial charge on any atom is 0.127 e. The molecule has 0 atom stereocenters. The normalized spacial score (nSPS) is 10.4. The van der Waals surface area contributed by atoms with Crippen molar-refractivity contribution in [3.05, 3.63) is 48.0 Å². The van der Waals surface area contributed by atoms with E-state index < -0.39 is 0 Å². The van der Waals surface area contributed by atoms with E-state index in [0.29, 0.717) is 13.2 Å². The first-order chi connectivity index (χ1) is 9.22. The second-order valence-electron chi connectivity index (χ2n) is 4.41. The topological polar surface area (TPSA) is 44.5 Å². The highest BCUT2D eigenvalue weighted by atomic mass is 16.5. The van der Waals surface area contributed by atoms with E-state index in [0.717, 1.165) is 28.1 Å². The van der Waals surface area contributed by atoms with Crippen LogP contribution < -0.4 is 10.5 Å². The van der Waals surface area contributed by atoms with Crippen LogP contribution in [0.1, 0.15) is 5.56 Å². The monoisotopic (exact) mass is 257 g/mol. The number of hydrogen-bond acceptors (Lipinski definition) is 3. The fourth-order valence-electron chi connectivity index (χ4n) is 1.91. The van der Waals surface area contributed by atoms with Gasteiger partial charge in [0.15, 0.2) is 0 Å². The molecule has 2 N–H and O–H groups in total. The minimum atomic E-state index is 0.543. The summed E-state index contributed by atoms with van der Waals surface area (Å²) in [6.07, 6.45) is 0. The summed E-state index contributed by atoms with van der Waals surface area (Å²) in [5, 5.41) is 0. The van der Waals surface area contributed by atoms with Crippen LogP contribution >= 0.6 is 0 Å². The predicted molar refractivity (Wildman–Crippen MR) is 78.4 cm³/mol. The van der Waals surface area contributed by atoms with Gasteiger partial charge in [0.05, 0.1) is 6.61 Å². The average Bonchev–Trinajstić information content (AvgIpc) is 2.43. The predicted octanol–water partition coefficient (Wildman–Crippen LogP) is 3.27. The van der Waals surface area contributed by atoms with Crippen LogP contribution in [0.25, 0.3) is 11.1 Å². The largest absolute Gasteiger partial charge is 0.491 e.